The summed E-state index contributed by atoms with van der Waals surface area (Å²) in [4.78, 5) is 0. The van der Waals surface area contributed by atoms with E-state index in [4.69, 9.17) is 0 Å². The molecule has 0 heterocycles. The van der Waals surface area contributed by atoms with Crippen molar-refractivity contribution in [2.45, 2.75) is 6.42 Å². The van der Waals surface area contributed by atoms with E-state index >= 15 is 0 Å². The maximum Gasteiger partial charge on any atom is 0.0521 e. The molecule has 0 saturated heterocycles. The van der Waals surface area contributed by atoms with Gasteiger partial charge in [0.1, 0.15) is 0 Å². The van der Waals surface area contributed by atoms with Gasteiger partial charge in [-0.05, 0) is 29.7 Å². The molecule has 0 atom stereocenters. The van der Waals surface area contributed by atoms with Crippen LogP contribution in [0.2, 0.25) is 0 Å². The van der Waals surface area contributed by atoms with E-state index in [1.807, 2.05) is 6.07 Å². The second kappa shape index (κ2) is 6.18. The number of hydrogen-bond acceptors (Lipinski definition) is 1. The Morgan fingerprint density at radius 3 is 2.12 bits per heavy atom. The Bertz CT molecular complexity index is 515. The number of benzene rings is 2. The van der Waals surface area contributed by atoms with Crippen LogP contribution in [0.15, 0.2) is 54.6 Å². The first-order valence-electron chi connectivity index (χ1n) is 5.61. The summed E-state index contributed by atoms with van der Waals surface area (Å²) in [5, 5.41) is 0. The Balaban J connectivity index is 2.08. The Hall–Kier alpha value is -1.65. The summed E-state index contributed by atoms with van der Waals surface area (Å²) in [6.45, 7) is 0. The molecule has 0 radical (unpaired) electrons. The lowest BCUT2D eigenvalue weighted by molar-refractivity contribution is 1.19. The van der Waals surface area contributed by atoms with Crippen molar-refractivity contribution in [2.75, 3.05) is 5.75 Å². The third-order valence-electron chi connectivity index (χ3n) is 2.52. The molecule has 0 spiro atoms. The van der Waals surface area contributed by atoms with Gasteiger partial charge < -0.3 is 0 Å². The lowest BCUT2D eigenvalue weighted by Crippen LogP contribution is -1.87. The highest BCUT2D eigenvalue weighted by Gasteiger charge is 1.95. The van der Waals surface area contributed by atoms with Crippen molar-refractivity contribution in [1.29, 1.82) is 0 Å². The average molecular weight is 238 g/mol. The molecule has 2 aromatic carbocycles. The van der Waals surface area contributed by atoms with Gasteiger partial charge in [-0.1, -0.05) is 54.3 Å². The van der Waals surface area contributed by atoms with E-state index < -0.39 is 0 Å². The van der Waals surface area contributed by atoms with E-state index in [0.29, 0.717) is 5.75 Å². The van der Waals surface area contributed by atoms with E-state index in [2.05, 4.69) is 73.0 Å². The molecule has 0 aromatic heterocycles. The van der Waals surface area contributed by atoms with Crippen LogP contribution < -0.4 is 0 Å². The Kier molecular flexibility index (Phi) is 4.30. The number of hydrogen-bond donors (Lipinski definition) is 1. The molecule has 0 saturated carbocycles. The number of rotatable bonds is 2. The monoisotopic (exact) mass is 238 g/mol. The quantitative estimate of drug-likeness (QED) is 0.600. The maximum absolute atomic E-state index is 4.06. The van der Waals surface area contributed by atoms with Gasteiger partial charge in [0.05, 0.1) is 5.75 Å². The average Bonchev–Trinajstić information content (AvgIpc) is 2.39. The van der Waals surface area contributed by atoms with Crippen LogP contribution in [0.3, 0.4) is 0 Å². The minimum absolute atomic E-state index is 0.603. The summed E-state index contributed by atoms with van der Waals surface area (Å²) >= 11 is 4.06. The van der Waals surface area contributed by atoms with Crippen LogP contribution >= 0.6 is 12.6 Å². The van der Waals surface area contributed by atoms with Crippen LogP contribution in [0, 0.1) is 11.8 Å². The van der Waals surface area contributed by atoms with Crippen molar-refractivity contribution in [2.24, 2.45) is 0 Å². The fourth-order valence-corrected chi connectivity index (χ4v) is 1.76. The predicted molar refractivity (Wildman–Crippen MR) is 76.4 cm³/mol. The van der Waals surface area contributed by atoms with Crippen molar-refractivity contribution in [3.63, 3.8) is 0 Å². The fourth-order valence-electron chi connectivity index (χ4n) is 1.68. The zero-order chi connectivity index (χ0) is 11.9. The molecular weight excluding hydrogens is 224 g/mol. The van der Waals surface area contributed by atoms with Crippen molar-refractivity contribution < 1.29 is 0 Å². The van der Waals surface area contributed by atoms with Gasteiger partial charge in [0.2, 0.25) is 0 Å². The summed E-state index contributed by atoms with van der Waals surface area (Å²) in [7, 11) is 0. The van der Waals surface area contributed by atoms with Crippen LogP contribution in [0.5, 0.6) is 0 Å². The van der Waals surface area contributed by atoms with Gasteiger partial charge >= 0.3 is 0 Å². The van der Waals surface area contributed by atoms with Crippen LogP contribution in [0.25, 0.3) is 0 Å². The molecule has 2 rings (SSSR count). The van der Waals surface area contributed by atoms with Gasteiger partial charge in [0.25, 0.3) is 0 Å². The van der Waals surface area contributed by atoms with E-state index in [1.165, 1.54) is 11.1 Å². The first-order chi connectivity index (χ1) is 8.38. The zero-order valence-corrected chi connectivity index (χ0v) is 10.5. The normalized spacial score (nSPS) is 9.47. The first kappa shape index (κ1) is 11.8. The molecule has 84 valence electrons. The molecule has 0 aliphatic rings. The molecule has 17 heavy (non-hydrogen) atoms. The van der Waals surface area contributed by atoms with Gasteiger partial charge in [0, 0.05) is 5.56 Å². The summed E-state index contributed by atoms with van der Waals surface area (Å²) < 4.78 is 0. The SMILES string of the molecule is SCC#Cc1ccc(Cc2ccccc2)cc1. The fraction of sp³-hybridized carbons (Fsp3) is 0.125. The van der Waals surface area contributed by atoms with Gasteiger partial charge in [-0.15, -0.1) is 0 Å². The van der Waals surface area contributed by atoms with Crippen molar-refractivity contribution in [1.82, 2.24) is 0 Å². The second-order valence-corrected chi connectivity index (χ2v) is 4.14. The lowest BCUT2D eigenvalue weighted by Gasteiger charge is -2.01. The highest BCUT2D eigenvalue weighted by atomic mass is 32.1. The highest BCUT2D eigenvalue weighted by Crippen LogP contribution is 2.10. The summed E-state index contributed by atoms with van der Waals surface area (Å²) in [5.74, 6) is 6.61. The topological polar surface area (TPSA) is 0 Å². The van der Waals surface area contributed by atoms with E-state index in [0.717, 1.165) is 12.0 Å². The minimum Gasteiger partial charge on any atom is -0.166 e. The molecule has 0 fully saturated rings. The predicted octanol–water partition coefficient (Wildman–Crippen LogP) is 3.56. The van der Waals surface area contributed by atoms with E-state index in [1.54, 1.807) is 0 Å². The standard InChI is InChI=1S/C16H14S/c17-12-4-7-14-8-10-16(11-9-14)13-15-5-2-1-3-6-15/h1-3,5-6,8-11,17H,12-13H2. The molecule has 0 N–H and O–H groups in total. The van der Waals surface area contributed by atoms with Gasteiger partial charge in [0.15, 0.2) is 0 Å². The van der Waals surface area contributed by atoms with Crippen molar-refractivity contribution in [3.05, 3.63) is 71.3 Å². The maximum atomic E-state index is 4.06. The third kappa shape index (κ3) is 3.69. The summed E-state index contributed by atoms with van der Waals surface area (Å²) in [6.07, 6.45) is 0.973. The Morgan fingerprint density at radius 1 is 0.824 bits per heavy atom. The summed E-state index contributed by atoms with van der Waals surface area (Å²) in [6, 6.07) is 18.9. The molecule has 0 nitrogen and oxygen atoms in total. The van der Waals surface area contributed by atoms with Crippen molar-refractivity contribution in [3.8, 4) is 11.8 Å². The molecule has 0 aliphatic carbocycles. The Labute approximate surface area is 108 Å². The first-order valence-corrected chi connectivity index (χ1v) is 6.24. The Morgan fingerprint density at radius 2 is 1.47 bits per heavy atom. The van der Waals surface area contributed by atoms with E-state index in [-0.39, 0.29) is 0 Å². The van der Waals surface area contributed by atoms with Crippen molar-refractivity contribution >= 4 is 12.6 Å². The molecular formula is C16H14S. The second-order valence-electron chi connectivity index (χ2n) is 3.82. The number of thiol groups is 1. The van der Waals surface area contributed by atoms with Crippen LogP contribution in [-0.4, -0.2) is 5.75 Å². The third-order valence-corrected chi connectivity index (χ3v) is 2.67. The largest absolute Gasteiger partial charge is 0.166 e. The van der Waals surface area contributed by atoms with Crippen LogP contribution in [0.1, 0.15) is 16.7 Å². The molecule has 0 bridgehead atoms. The lowest BCUT2D eigenvalue weighted by atomic mass is 10.0. The molecule has 1 heteroatoms. The van der Waals surface area contributed by atoms with Gasteiger partial charge in [-0.2, -0.15) is 12.6 Å². The summed E-state index contributed by atoms with van der Waals surface area (Å²) in [5.41, 5.74) is 3.70. The highest BCUT2D eigenvalue weighted by molar-refractivity contribution is 7.80. The smallest absolute Gasteiger partial charge is 0.0521 e. The molecule has 0 amide bonds. The van der Waals surface area contributed by atoms with E-state index in [9.17, 15) is 0 Å². The van der Waals surface area contributed by atoms with Crippen LogP contribution in [0.4, 0.5) is 0 Å². The van der Waals surface area contributed by atoms with Gasteiger partial charge in [-0.3, -0.25) is 0 Å². The minimum atomic E-state index is 0.603. The van der Waals surface area contributed by atoms with Gasteiger partial charge in [-0.25, -0.2) is 0 Å². The molecule has 0 unspecified atom stereocenters. The molecule has 2 aromatic rings. The van der Waals surface area contributed by atoms with Crippen LogP contribution in [-0.2, 0) is 6.42 Å². The zero-order valence-electron chi connectivity index (χ0n) is 9.56. The molecule has 0 aliphatic heterocycles.